The Labute approximate surface area is 110 Å². The van der Waals surface area contributed by atoms with E-state index in [1.165, 1.54) is 24.4 Å². The van der Waals surface area contributed by atoms with E-state index in [9.17, 15) is 9.59 Å². The molecule has 1 amide bonds. The number of nitrogens with zero attached hydrogens (tertiary/aromatic N) is 1. The van der Waals surface area contributed by atoms with E-state index in [-0.39, 0.29) is 11.5 Å². The van der Waals surface area contributed by atoms with Gasteiger partial charge in [-0.1, -0.05) is 0 Å². The number of nitrogens with one attached hydrogen (secondary N) is 1. The van der Waals surface area contributed by atoms with Gasteiger partial charge in [0, 0.05) is 11.9 Å². The molecule has 2 aromatic rings. The molecule has 2 heterocycles. The van der Waals surface area contributed by atoms with Gasteiger partial charge in [-0.2, -0.15) is 0 Å². The quantitative estimate of drug-likeness (QED) is 0.908. The molecule has 0 atom stereocenters. The van der Waals surface area contributed by atoms with E-state index in [1.54, 1.807) is 6.07 Å². The maximum atomic E-state index is 11.7. The molecule has 0 radical (unpaired) electrons. The van der Waals surface area contributed by atoms with Crippen molar-refractivity contribution in [1.29, 1.82) is 0 Å². The van der Waals surface area contributed by atoms with Gasteiger partial charge in [0.1, 0.15) is 5.69 Å². The van der Waals surface area contributed by atoms with Crippen LogP contribution in [-0.2, 0) is 0 Å². The van der Waals surface area contributed by atoms with Gasteiger partial charge in [0.15, 0.2) is 10.4 Å². The Morgan fingerprint density at radius 3 is 2.72 bits per heavy atom. The number of amides is 1. The van der Waals surface area contributed by atoms with Crippen LogP contribution in [0.3, 0.4) is 0 Å². The minimum atomic E-state index is -1.16. The molecule has 0 aliphatic heterocycles. The molecule has 0 fully saturated rings. The lowest BCUT2D eigenvalue weighted by Gasteiger charge is -2.03. The SMILES string of the molecule is O=C(O)c1cc(NC(=O)c2ccc(Br)o2)ccn1. The standard InChI is InChI=1S/C11H7BrN2O4/c12-9-2-1-8(18-9)10(15)14-6-3-4-13-7(5-6)11(16)17/h1-5H,(H,16,17)(H,13,14,15). The molecule has 2 aromatic heterocycles. The maximum Gasteiger partial charge on any atom is 0.354 e. The van der Waals surface area contributed by atoms with Crippen LogP contribution in [0.15, 0.2) is 39.5 Å². The summed E-state index contributed by atoms with van der Waals surface area (Å²) in [4.78, 5) is 26.1. The van der Waals surface area contributed by atoms with Crippen LogP contribution in [-0.4, -0.2) is 22.0 Å². The second-order valence-electron chi connectivity index (χ2n) is 3.29. The Morgan fingerprint density at radius 1 is 1.33 bits per heavy atom. The zero-order chi connectivity index (χ0) is 13.1. The van der Waals surface area contributed by atoms with Crippen molar-refractivity contribution in [2.24, 2.45) is 0 Å². The fourth-order valence-electron chi connectivity index (χ4n) is 1.25. The summed E-state index contributed by atoms with van der Waals surface area (Å²) in [6.45, 7) is 0. The van der Waals surface area contributed by atoms with Gasteiger partial charge in [0.05, 0.1) is 0 Å². The molecule has 0 bridgehead atoms. The van der Waals surface area contributed by atoms with Gasteiger partial charge in [0.2, 0.25) is 0 Å². The van der Waals surface area contributed by atoms with Gasteiger partial charge in [-0.25, -0.2) is 9.78 Å². The van der Waals surface area contributed by atoms with E-state index in [1.807, 2.05) is 0 Å². The smallest absolute Gasteiger partial charge is 0.354 e. The third kappa shape index (κ3) is 2.75. The normalized spacial score (nSPS) is 10.1. The van der Waals surface area contributed by atoms with Crippen molar-refractivity contribution in [2.45, 2.75) is 0 Å². The van der Waals surface area contributed by atoms with E-state index >= 15 is 0 Å². The zero-order valence-corrected chi connectivity index (χ0v) is 10.5. The Bertz CT molecular complexity index is 609. The molecular weight excluding hydrogens is 304 g/mol. The van der Waals surface area contributed by atoms with E-state index in [0.717, 1.165) is 0 Å². The first-order valence-corrected chi connectivity index (χ1v) is 5.61. The average Bonchev–Trinajstić information content (AvgIpc) is 2.76. The fraction of sp³-hybridized carbons (Fsp3) is 0. The summed E-state index contributed by atoms with van der Waals surface area (Å²) < 4.78 is 5.51. The minimum Gasteiger partial charge on any atom is -0.477 e. The first kappa shape index (κ1) is 12.3. The molecule has 2 rings (SSSR count). The predicted molar refractivity (Wildman–Crippen MR) is 65.6 cm³/mol. The second-order valence-corrected chi connectivity index (χ2v) is 4.07. The van der Waals surface area contributed by atoms with Crippen molar-refractivity contribution < 1.29 is 19.1 Å². The zero-order valence-electron chi connectivity index (χ0n) is 8.88. The molecule has 92 valence electrons. The molecule has 2 N–H and O–H groups in total. The number of rotatable bonds is 3. The van der Waals surface area contributed by atoms with Crippen molar-refractivity contribution in [1.82, 2.24) is 4.98 Å². The molecule has 0 unspecified atom stereocenters. The molecular formula is C11H7BrN2O4. The fourth-order valence-corrected chi connectivity index (χ4v) is 1.56. The number of anilines is 1. The number of pyridine rings is 1. The van der Waals surface area contributed by atoms with E-state index in [0.29, 0.717) is 10.4 Å². The summed E-state index contributed by atoms with van der Waals surface area (Å²) in [7, 11) is 0. The van der Waals surface area contributed by atoms with E-state index in [4.69, 9.17) is 9.52 Å². The largest absolute Gasteiger partial charge is 0.477 e. The highest BCUT2D eigenvalue weighted by Crippen LogP contribution is 2.16. The molecule has 7 heteroatoms. The Balaban J connectivity index is 2.16. The summed E-state index contributed by atoms with van der Waals surface area (Å²) in [5, 5.41) is 11.3. The van der Waals surface area contributed by atoms with Gasteiger partial charge >= 0.3 is 5.97 Å². The molecule has 0 saturated heterocycles. The molecule has 0 aliphatic carbocycles. The van der Waals surface area contributed by atoms with Gasteiger partial charge in [-0.3, -0.25) is 4.79 Å². The number of hydrogen-bond donors (Lipinski definition) is 2. The van der Waals surface area contributed by atoms with Gasteiger partial charge in [0.25, 0.3) is 5.91 Å². The van der Waals surface area contributed by atoms with Gasteiger partial charge in [-0.15, -0.1) is 0 Å². The second kappa shape index (κ2) is 5.01. The number of aromatic nitrogens is 1. The summed E-state index contributed by atoms with van der Waals surface area (Å²) in [6, 6.07) is 5.84. The number of hydrogen-bond acceptors (Lipinski definition) is 4. The van der Waals surface area contributed by atoms with Crippen molar-refractivity contribution in [3.8, 4) is 0 Å². The van der Waals surface area contributed by atoms with Crippen molar-refractivity contribution in [3.05, 3.63) is 46.6 Å². The lowest BCUT2D eigenvalue weighted by atomic mass is 10.3. The lowest BCUT2D eigenvalue weighted by molar-refractivity contribution is 0.0690. The summed E-state index contributed by atoms with van der Waals surface area (Å²) >= 11 is 3.08. The molecule has 6 nitrogen and oxygen atoms in total. The van der Waals surface area contributed by atoms with E-state index < -0.39 is 11.9 Å². The Morgan fingerprint density at radius 2 is 2.11 bits per heavy atom. The molecule has 0 aromatic carbocycles. The number of carboxylic acid groups (broad SMARTS) is 1. The third-order valence-corrected chi connectivity index (χ3v) is 2.46. The van der Waals surface area contributed by atoms with Crippen LogP contribution >= 0.6 is 15.9 Å². The van der Waals surface area contributed by atoms with Gasteiger partial charge in [-0.05, 0) is 40.2 Å². The Hall–Kier alpha value is -2.15. The number of carbonyl (C=O) groups is 2. The Kier molecular flexibility index (Phi) is 3.42. The van der Waals surface area contributed by atoms with E-state index in [2.05, 4.69) is 26.2 Å². The highest BCUT2D eigenvalue weighted by Gasteiger charge is 2.12. The van der Waals surface area contributed by atoms with Crippen molar-refractivity contribution >= 4 is 33.5 Å². The minimum absolute atomic E-state index is 0.121. The van der Waals surface area contributed by atoms with Crippen LogP contribution in [0.5, 0.6) is 0 Å². The predicted octanol–water partition coefficient (Wildman–Crippen LogP) is 2.39. The first-order valence-electron chi connectivity index (χ1n) is 4.82. The summed E-state index contributed by atoms with van der Waals surface area (Å²) in [5.41, 5.74) is 0.188. The molecule has 0 saturated carbocycles. The van der Waals surface area contributed by atoms with Crippen LogP contribution in [0.25, 0.3) is 0 Å². The number of furan rings is 1. The monoisotopic (exact) mass is 310 g/mol. The van der Waals surface area contributed by atoms with Crippen molar-refractivity contribution in [2.75, 3.05) is 5.32 Å². The number of carboxylic acids is 1. The topological polar surface area (TPSA) is 92.4 Å². The number of halogens is 1. The van der Waals surface area contributed by atoms with Crippen LogP contribution in [0.4, 0.5) is 5.69 Å². The van der Waals surface area contributed by atoms with Crippen LogP contribution < -0.4 is 5.32 Å². The molecule has 18 heavy (non-hydrogen) atoms. The molecule has 0 aliphatic rings. The summed E-state index contributed by atoms with van der Waals surface area (Å²) in [5.74, 6) is -1.51. The first-order chi connectivity index (χ1) is 8.56. The number of carbonyl (C=O) groups excluding carboxylic acids is 1. The third-order valence-electron chi connectivity index (χ3n) is 2.03. The average molecular weight is 311 g/mol. The van der Waals surface area contributed by atoms with Crippen LogP contribution in [0.2, 0.25) is 0 Å². The maximum absolute atomic E-state index is 11.7. The van der Waals surface area contributed by atoms with Crippen LogP contribution in [0, 0.1) is 0 Å². The van der Waals surface area contributed by atoms with Gasteiger partial charge < -0.3 is 14.8 Å². The highest BCUT2D eigenvalue weighted by atomic mass is 79.9. The number of aromatic carboxylic acids is 1. The van der Waals surface area contributed by atoms with Crippen LogP contribution in [0.1, 0.15) is 21.0 Å². The van der Waals surface area contributed by atoms with Crippen molar-refractivity contribution in [3.63, 3.8) is 0 Å². The highest BCUT2D eigenvalue weighted by molar-refractivity contribution is 9.10. The molecule has 0 spiro atoms. The lowest BCUT2D eigenvalue weighted by Crippen LogP contribution is -2.12. The summed E-state index contributed by atoms with van der Waals surface area (Å²) in [6.07, 6.45) is 1.30.